The number of rotatable bonds is 7. The zero-order chi connectivity index (χ0) is 27.6. The molecule has 0 aliphatic carbocycles. The number of anilines is 1. The summed E-state index contributed by atoms with van der Waals surface area (Å²) in [6.45, 7) is 0. The summed E-state index contributed by atoms with van der Waals surface area (Å²) in [6, 6.07) is 11.4. The van der Waals surface area contributed by atoms with Crippen molar-refractivity contribution in [3.8, 4) is 22.6 Å². The van der Waals surface area contributed by atoms with E-state index in [1.54, 1.807) is 18.2 Å². The minimum atomic E-state index is -6.13. The molecule has 0 unspecified atom stereocenters. The Morgan fingerprint density at radius 3 is 1.95 bits per heavy atom. The minimum absolute atomic E-state index is 0.00483. The first-order valence-electron chi connectivity index (χ1n) is 10.5. The topological polar surface area (TPSA) is 67.8 Å². The average Bonchev–Trinajstić information content (AvgIpc) is 2.82. The Kier molecular flexibility index (Phi) is 7.72. The van der Waals surface area contributed by atoms with Crippen molar-refractivity contribution in [1.29, 1.82) is 0 Å². The quantitative estimate of drug-likeness (QED) is 0.367. The van der Waals surface area contributed by atoms with Crippen molar-refractivity contribution in [2.45, 2.75) is 24.4 Å². The van der Waals surface area contributed by atoms with Crippen molar-refractivity contribution >= 4 is 11.6 Å². The first-order valence-corrected chi connectivity index (χ1v) is 10.5. The van der Waals surface area contributed by atoms with E-state index in [0.29, 0.717) is 34.9 Å². The van der Waals surface area contributed by atoms with Gasteiger partial charge in [0.25, 0.3) is 5.60 Å². The molecule has 3 aromatic carbocycles. The van der Waals surface area contributed by atoms with Crippen LogP contribution in [-0.2, 0) is 16.8 Å². The summed E-state index contributed by atoms with van der Waals surface area (Å²) in [4.78, 5) is 12.4. The highest BCUT2D eigenvalue weighted by Gasteiger charge is 2.71. The predicted molar refractivity (Wildman–Crippen MR) is 120 cm³/mol. The predicted octanol–water partition coefficient (Wildman–Crippen LogP) is 6.00. The van der Waals surface area contributed by atoms with E-state index in [1.165, 1.54) is 38.5 Å². The van der Waals surface area contributed by atoms with E-state index in [2.05, 4.69) is 5.32 Å². The molecule has 0 spiro atoms. The highest BCUT2D eigenvalue weighted by molar-refractivity contribution is 5.92. The molecule has 0 bridgehead atoms. The second-order valence-corrected chi connectivity index (χ2v) is 7.89. The van der Waals surface area contributed by atoms with Crippen LogP contribution >= 0.6 is 0 Å². The van der Waals surface area contributed by atoms with E-state index >= 15 is 0 Å². The van der Waals surface area contributed by atoms with E-state index in [4.69, 9.17) is 9.47 Å². The average molecular weight is 531 g/mol. The smallest absolute Gasteiger partial charge is 0.430 e. The molecule has 3 aromatic rings. The van der Waals surface area contributed by atoms with Crippen molar-refractivity contribution in [3.05, 3.63) is 77.6 Å². The van der Waals surface area contributed by atoms with Gasteiger partial charge in [0.2, 0.25) is 5.91 Å². The molecule has 0 aromatic heterocycles. The number of aliphatic hydroxyl groups is 1. The number of carbonyl (C=O) groups is 1. The molecule has 0 saturated heterocycles. The van der Waals surface area contributed by atoms with Crippen LogP contribution in [0.15, 0.2) is 60.7 Å². The van der Waals surface area contributed by atoms with Gasteiger partial charge < -0.3 is 19.9 Å². The summed E-state index contributed by atoms with van der Waals surface area (Å²) in [5.41, 5.74) is -6.18. The summed E-state index contributed by atoms with van der Waals surface area (Å²) in [6.07, 6.45) is -12.3. The minimum Gasteiger partial charge on any atom is -0.493 e. The van der Waals surface area contributed by atoms with Crippen LogP contribution < -0.4 is 14.8 Å². The summed E-state index contributed by atoms with van der Waals surface area (Å²) in [5.74, 6) is -0.873. The molecule has 0 fully saturated rings. The third kappa shape index (κ3) is 5.63. The zero-order valence-electron chi connectivity index (χ0n) is 19.3. The van der Waals surface area contributed by atoms with Crippen LogP contribution in [0, 0.1) is 5.82 Å². The number of nitrogens with one attached hydrogen (secondary N) is 1. The molecule has 0 saturated carbocycles. The third-order valence-corrected chi connectivity index (χ3v) is 5.50. The van der Waals surface area contributed by atoms with Crippen LogP contribution in [0.1, 0.15) is 11.1 Å². The molecule has 0 radical (unpaired) electrons. The van der Waals surface area contributed by atoms with Gasteiger partial charge >= 0.3 is 12.4 Å². The molecular weight excluding hydrogens is 511 g/mol. The van der Waals surface area contributed by atoms with Gasteiger partial charge in [-0.1, -0.05) is 30.3 Å². The second-order valence-electron chi connectivity index (χ2n) is 7.89. The van der Waals surface area contributed by atoms with Gasteiger partial charge in [0, 0.05) is 16.8 Å². The van der Waals surface area contributed by atoms with Crippen molar-refractivity contribution in [1.82, 2.24) is 0 Å². The summed E-state index contributed by atoms with van der Waals surface area (Å²) >= 11 is 0. The number of benzene rings is 3. The summed E-state index contributed by atoms with van der Waals surface area (Å²) in [7, 11) is 2.92. The Morgan fingerprint density at radius 2 is 1.43 bits per heavy atom. The zero-order valence-corrected chi connectivity index (χ0v) is 19.3. The highest BCUT2D eigenvalue weighted by atomic mass is 19.4. The maximum Gasteiger partial charge on any atom is 0.430 e. The second kappa shape index (κ2) is 10.3. The van der Waals surface area contributed by atoms with Crippen molar-refractivity contribution < 1.29 is 50.1 Å². The van der Waals surface area contributed by atoms with E-state index in [9.17, 15) is 40.6 Å². The molecule has 198 valence electrons. The lowest BCUT2D eigenvalue weighted by Gasteiger charge is -2.32. The van der Waals surface area contributed by atoms with Crippen molar-refractivity contribution in [2.75, 3.05) is 19.5 Å². The molecule has 5 nitrogen and oxygen atoms in total. The largest absolute Gasteiger partial charge is 0.493 e. The van der Waals surface area contributed by atoms with Gasteiger partial charge in [-0.2, -0.15) is 26.3 Å². The number of halogens is 7. The lowest BCUT2D eigenvalue weighted by atomic mass is 9.90. The molecule has 12 heteroatoms. The lowest BCUT2D eigenvalue weighted by molar-refractivity contribution is -0.376. The van der Waals surface area contributed by atoms with Gasteiger partial charge in [0.1, 0.15) is 5.82 Å². The van der Waals surface area contributed by atoms with Crippen LogP contribution in [-0.4, -0.2) is 37.6 Å². The van der Waals surface area contributed by atoms with E-state index in [1.807, 2.05) is 0 Å². The molecule has 0 heterocycles. The van der Waals surface area contributed by atoms with Gasteiger partial charge in [-0.05, 0) is 41.5 Å². The SMILES string of the molecule is COc1ccc(CC(=O)Nc2ccc(-c3ccc(C(O)(C(F)(F)F)C(F)(F)F)cc3F)cc2)cc1OC. The summed E-state index contributed by atoms with van der Waals surface area (Å²) in [5, 5.41) is 12.1. The fraction of sp³-hybridized carbons (Fsp3) is 0.240. The van der Waals surface area contributed by atoms with E-state index in [-0.39, 0.29) is 23.6 Å². The molecule has 2 N–H and O–H groups in total. The number of methoxy groups -OCH3 is 2. The molecule has 0 aliphatic heterocycles. The van der Waals surface area contributed by atoms with Crippen LogP contribution in [0.2, 0.25) is 0 Å². The number of amides is 1. The lowest BCUT2D eigenvalue weighted by Crippen LogP contribution is -2.53. The van der Waals surface area contributed by atoms with Gasteiger partial charge in [-0.15, -0.1) is 0 Å². The summed E-state index contributed by atoms with van der Waals surface area (Å²) < 4.78 is 103. The van der Waals surface area contributed by atoms with Gasteiger partial charge in [-0.25, -0.2) is 4.39 Å². The Labute approximate surface area is 206 Å². The monoisotopic (exact) mass is 531 g/mol. The Balaban J connectivity index is 1.77. The number of hydrogen-bond donors (Lipinski definition) is 2. The first-order chi connectivity index (χ1) is 17.2. The maximum atomic E-state index is 14.6. The van der Waals surface area contributed by atoms with Crippen LogP contribution in [0.5, 0.6) is 11.5 Å². The number of ether oxygens (including phenoxy) is 2. The fourth-order valence-electron chi connectivity index (χ4n) is 3.58. The maximum absolute atomic E-state index is 14.6. The third-order valence-electron chi connectivity index (χ3n) is 5.50. The Morgan fingerprint density at radius 1 is 0.838 bits per heavy atom. The van der Waals surface area contributed by atoms with E-state index in [0.717, 1.165) is 0 Å². The van der Waals surface area contributed by atoms with Crippen LogP contribution in [0.4, 0.5) is 36.4 Å². The van der Waals surface area contributed by atoms with Crippen molar-refractivity contribution in [3.63, 3.8) is 0 Å². The number of hydrogen-bond acceptors (Lipinski definition) is 4. The molecule has 0 aliphatic rings. The number of alkyl halides is 6. The van der Waals surface area contributed by atoms with Gasteiger partial charge in [0.15, 0.2) is 11.5 Å². The van der Waals surface area contributed by atoms with E-state index < -0.39 is 35.2 Å². The first kappa shape index (κ1) is 27.8. The van der Waals surface area contributed by atoms with Crippen molar-refractivity contribution in [2.24, 2.45) is 0 Å². The highest BCUT2D eigenvalue weighted by Crippen LogP contribution is 2.50. The molecule has 1 amide bonds. The Hall–Kier alpha value is -3.80. The standard InChI is InChI=1S/C25H20F7NO4/c1-36-20-10-3-14(11-21(20)37-2)12-22(34)33-17-7-4-15(5-8-17)18-9-6-16(13-19(18)26)23(35,24(27,28)29)25(30,31)32/h3-11,13,35H,12H2,1-2H3,(H,33,34). The van der Waals surface area contributed by atoms with Crippen LogP contribution in [0.25, 0.3) is 11.1 Å². The molecule has 37 heavy (non-hydrogen) atoms. The number of carbonyl (C=O) groups excluding carboxylic acids is 1. The van der Waals surface area contributed by atoms with Crippen LogP contribution in [0.3, 0.4) is 0 Å². The normalized spacial score (nSPS) is 12.3. The molecular formula is C25H20F7NO4. The molecule has 3 rings (SSSR count). The van der Waals surface area contributed by atoms with Gasteiger partial charge in [-0.3, -0.25) is 4.79 Å². The van der Waals surface area contributed by atoms with Gasteiger partial charge in [0.05, 0.1) is 20.6 Å². The molecule has 0 atom stereocenters. The Bertz CT molecular complexity index is 1260. The fourth-order valence-corrected chi connectivity index (χ4v) is 3.58.